The fraction of sp³-hybridized carbons (Fsp3) is 0.100. The molecule has 15 heavy (non-hydrogen) atoms. The molecule has 2 rings (SSSR count). The topological polar surface area (TPSA) is 72.5 Å². The zero-order valence-electron chi connectivity index (χ0n) is 8.57. The summed E-state index contributed by atoms with van der Waals surface area (Å²) in [5, 5.41) is 2.10. The Labute approximate surface area is 86.4 Å². The van der Waals surface area contributed by atoms with Crippen LogP contribution < -0.4 is 10.1 Å². The minimum absolute atomic E-state index is 0.0121. The normalized spacial score (nSPS) is 14.3. The van der Waals surface area contributed by atoms with Gasteiger partial charge in [-0.15, -0.1) is 0 Å². The second kappa shape index (κ2) is 3.20. The molecule has 1 heterocycles. The summed E-state index contributed by atoms with van der Waals surface area (Å²) in [4.78, 5) is 33.6. The largest absolute Gasteiger partial charge is 0.426 e. The van der Waals surface area contributed by atoms with Crippen molar-refractivity contribution in [1.29, 1.82) is 0 Å². The Morgan fingerprint density at radius 2 is 2.20 bits per heavy atom. The van der Waals surface area contributed by atoms with Gasteiger partial charge in [0.1, 0.15) is 5.75 Å². The van der Waals surface area contributed by atoms with Gasteiger partial charge in [-0.3, -0.25) is 19.7 Å². The van der Waals surface area contributed by atoms with E-state index in [4.69, 9.17) is 6.11 Å². The van der Waals surface area contributed by atoms with Crippen LogP contribution in [0.4, 0.5) is 0 Å². The first-order chi connectivity index (χ1) is 7.63. The van der Waals surface area contributed by atoms with Crippen LogP contribution in [0, 0.1) is 0 Å². The quantitative estimate of drug-likeness (QED) is 0.413. The fourth-order valence-corrected chi connectivity index (χ4v) is 1.40. The van der Waals surface area contributed by atoms with Crippen molar-refractivity contribution in [2.75, 3.05) is 0 Å². The molecule has 5 nitrogen and oxygen atoms in total. The van der Waals surface area contributed by atoms with Crippen LogP contribution in [0.25, 0.3) is 0 Å². The molecule has 0 radical (unpaired) electrons. The Kier molecular flexibility index (Phi) is 1.74. The number of rotatable bonds is 1. The molecule has 5 heteroatoms. The third kappa shape index (κ3) is 1.48. The van der Waals surface area contributed by atoms with Gasteiger partial charge in [0.25, 0.3) is 11.8 Å². The molecule has 0 aliphatic carbocycles. The van der Waals surface area contributed by atoms with Crippen LogP contribution in [0.1, 0.15) is 29.0 Å². The number of esters is 1. The first-order valence-electron chi connectivity index (χ1n) is 4.83. The van der Waals surface area contributed by atoms with Crippen molar-refractivity contribution in [3.63, 3.8) is 0 Å². The first kappa shape index (κ1) is 8.16. The van der Waals surface area contributed by atoms with E-state index in [-0.39, 0.29) is 16.9 Å². The summed E-state index contributed by atoms with van der Waals surface area (Å²) in [6.45, 7) is -0.542. The monoisotopic (exact) mass is 207 g/mol. The zero-order valence-corrected chi connectivity index (χ0v) is 7.57. The SMILES string of the molecule is [3H]CC(=O)Oc1cccc2c1C(=O)NC2=O. The third-order valence-corrected chi connectivity index (χ3v) is 1.95. The number of imide groups is 1. The number of hydrogen-bond acceptors (Lipinski definition) is 4. The van der Waals surface area contributed by atoms with Crippen molar-refractivity contribution >= 4 is 17.8 Å². The van der Waals surface area contributed by atoms with Crippen molar-refractivity contribution in [2.24, 2.45) is 0 Å². The van der Waals surface area contributed by atoms with Gasteiger partial charge in [0.05, 0.1) is 11.1 Å². The minimum atomic E-state index is -0.777. The van der Waals surface area contributed by atoms with Crippen molar-refractivity contribution in [1.82, 2.24) is 5.32 Å². The average molecular weight is 207 g/mol. The lowest BCUT2D eigenvalue weighted by Crippen LogP contribution is -2.20. The van der Waals surface area contributed by atoms with E-state index in [1.165, 1.54) is 18.2 Å². The van der Waals surface area contributed by atoms with Gasteiger partial charge >= 0.3 is 5.97 Å². The molecule has 76 valence electrons. The van der Waals surface area contributed by atoms with E-state index >= 15 is 0 Å². The number of carbonyl (C=O) groups is 3. The zero-order chi connectivity index (χ0) is 11.7. The maximum absolute atomic E-state index is 11.4. The number of benzene rings is 1. The van der Waals surface area contributed by atoms with E-state index in [2.05, 4.69) is 5.32 Å². The lowest BCUT2D eigenvalue weighted by Gasteiger charge is -2.03. The molecular formula is C10H7NO4. The van der Waals surface area contributed by atoms with E-state index in [0.717, 1.165) is 0 Å². The molecule has 0 saturated heterocycles. The number of amides is 2. The highest BCUT2D eigenvalue weighted by Crippen LogP contribution is 2.26. The summed E-state index contributed by atoms with van der Waals surface area (Å²) in [5.41, 5.74) is 0.231. The molecule has 0 bridgehead atoms. The fourth-order valence-electron chi connectivity index (χ4n) is 1.40. The highest BCUT2D eigenvalue weighted by atomic mass is 16.5. The predicted molar refractivity (Wildman–Crippen MR) is 49.5 cm³/mol. The highest BCUT2D eigenvalue weighted by Gasteiger charge is 2.30. The summed E-state index contributed by atoms with van der Waals surface area (Å²) in [5.74, 6) is -1.86. The maximum Gasteiger partial charge on any atom is 0.308 e. The number of hydrogen-bond donors (Lipinski definition) is 1. The average Bonchev–Trinajstić information content (AvgIpc) is 2.56. The summed E-state index contributed by atoms with van der Waals surface area (Å²) >= 11 is 0. The van der Waals surface area contributed by atoms with Gasteiger partial charge in [-0.2, -0.15) is 0 Å². The van der Waals surface area contributed by atoms with Crippen LogP contribution in [0.2, 0.25) is 0 Å². The number of fused-ring (bicyclic) bond motifs is 1. The summed E-state index contributed by atoms with van der Waals surface area (Å²) in [6.07, 6.45) is 0. The standard InChI is InChI=1S/C10H7NO4/c1-5(12)15-7-4-2-3-6-8(7)10(14)11-9(6)13/h2-4H,1H3,(H,11,13,14)/i1T. The second-order valence-corrected chi connectivity index (χ2v) is 2.94. The van der Waals surface area contributed by atoms with Crippen LogP contribution in [-0.4, -0.2) is 17.8 Å². The molecule has 0 atom stereocenters. The molecule has 0 saturated carbocycles. The maximum atomic E-state index is 11.4. The molecule has 0 fully saturated rings. The van der Waals surface area contributed by atoms with Gasteiger partial charge in [-0.05, 0) is 12.1 Å². The molecule has 0 unspecified atom stereocenters. The van der Waals surface area contributed by atoms with Crippen LogP contribution in [0.5, 0.6) is 5.75 Å². The van der Waals surface area contributed by atoms with Crippen molar-refractivity contribution in [3.8, 4) is 5.75 Å². The lowest BCUT2D eigenvalue weighted by molar-refractivity contribution is -0.131. The predicted octanol–water partition coefficient (Wildman–Crippen LogP) is 0.495. The van der Waals surface area contributed by atoms with Crippen molar-refractivity contribution in [2.45, 2.75) is 6.90 Å². The van der Waals surface area contributed by atoms with Gasteiger partial charge in [0.15, 0.2) is 0 Å². The van der Waals surface area contributed by atoms with E-state index in [9.17, 15) is 14.4 Å². The molecule has 1 N–H and O–H groups in total. The highest BCUT2D eigenvalue weighted by molar-refractivity contribution is 6.22. The van der Waals surface area contributed by atoms with E-state index < -0.39 is 24.7 Å². The van der Waals surface area contributed by atoms with E-state index in [1.807, 2.05) is 0 Å². The van der Waals surface area contributed by atoms with E-state index in [0.29, 0.717) is 0 Å². The molecule has 1 aliphatic rings. The van der Waals surface area contributed by atoms with Gasteiger partial charge in [0.2, 0.25) is 0 Å². The van der Waals surface area contributed by atoms with Gasteiger partial charge in [-0.1, -0.05) is 6.07 Å². The number of ether oxygens (including phenoxy) is 1. The van der Waals surface area contributed by atoms with Crippen molar-refractivity contribution < 1.29 is 20.5 Å². The summed E-state index contributed by atoms with van der Waals surface area (Å²) < 4.78 is 11.6. The second-order valence-electron chi connectivity index (χ2n) is 2.94. The molecule has 2 amide bonds. The molecule has 0 spiro atoms. The Hall–Kier alpha value is -2.17. The van der Waals surface area contributed by atoms with E-state index in [1.54, 1.807) is 0 Å². The van der Waals surface area contributed by atoms with Gasteiger partial charge in [0, 0.05) is 8.27 Å². The lowest BCUT2D eigenvalue weighted by atomic mass is 10.1. The van der Waals surface area contributed by atoms with Crippen molar-refractivity contribution in [3.05, 3.63) is 29.3 Å². The molecule has 1 aliphatic heterocycles. The Bertz CT molecular complexity index is 498. The minimum Gasteiger partial charge on any atom is -0.426 e. The molecule has 0 aromatic heterocycles. The summed E-state index contributed by atoms with van der Waals surface area (Å²) in [6, 6.07) is 4.38. The Morgan fingerprint density at radius 1 is 1.40 bits per heavy atom. The van der Waals surface area contributed by atoms with Crippen LogP contribution in [0.3, 0.4) is 0 Å². The van der Waals surface area contributed by atoms with Crippen LogP contribution in [-0.2, 0) is 4.79 Å². The van der Waals surface area contributed by atoms with Crippen LogP contribution >= 0.6 is 0 Å². The Morgan fingerprint density at radius 3 is 2.93 bits per heavy atom. The molecular weight excluding hydrogens is 198 g/mol. The molecule has 1 aromatic rings. The Balaban J connectivity index is 2.45. The van der Waals surface area contributed by atoms with Gasteiger partial charge < -0.3 is 4.74 Å². The number of nitrogens with one attached hydrogen (secondary N) is 1. The van der Waals surface area contributed by atoms with Crippen LogP contribution in [0.15, 0.2) is 18.2 Å². The third-order valence-electron chi connectivity index (χ3n) is 1.95. The molecule has 1 aromatic carbocycles. The van der Waals surface area contributed by atoms with Gasteiger partial charge in [-0.25, -0.2) is 0 Å². The first-order valence-corrected chi connectivity index (χ1v) is 4.12. The number of carbonyl (C=O) groups excluding carboxylic acids is 3. The summed E-state index contributed by atoms with van der Waals surface area (Å²) in [7, 11) is 0. The smallest absolute Gasteiger partial charge is 0.308 e.